The molecule has 160 valence electrons. The highest BCUT2D eigenvalue weighted by atomic mass is 79.9. The van der Waals surface area contributed by atoms with E-state index < -0.39 is 0 Å². The standard InChI is InChI=1S/C21H17BrN8O2/c1-13-24-19-18(11-28-12-23-26-27-28)25-30(16-7-9-17(32-2)10-8-16)20(19)21(31)29(13)15-5-3-14(22)4-6-15/h3-10,12H,11H2,1-2H3. The number of methoxy groups -OCH3 is 1. The molecule has 0 saturated heterocycles. The number of ether oxygens (including phenoxy) is 1. The van der Waals surface area contributed by atoms with Gasteiger partial charge in [0.1, 0.15) is 29.1 Å². The van der Waals surface area contributed by atoms with Gasteiger partial charge in [0.05, 0.1) is 25.0 Å². The van der Waals surface area contributed by atoms with E-state index in [1.807, 2.05) is 48.5 Å². The Bertz CT molecular complexity index is 1460. The fourth-order valence-electron chi connectivity index (χ4n) is 3.55. The van der Waals surface area contributed by atoms with E-state index in [-0.39, 0.29) is 12.1 Å². The fourth-order valence-corrected chi connectivity index (χ4v) is 3.81. The second-order valence-electron chi connectivity index (χ2n) is 7.04. The minimum atomic E-state index is -0.221. The molecule has 3 heterocycles. The quantitative estimate of drug-likeness (QED) is 0.371. The van der Waals surface area contributed by atoms with Crippen LogP contribution in [0.3, 0.4) is 0 Å². The molecule has 3 aromatic heterocycles. The maximum Gasteiger partial charge on any atom is 0.284 e. The maximum atomic E-state index is 13.7. The van der Waals surface area contributed by atoms with E-state index in [0.29, 0.717) is 34.0 Å². The van der Waals surface area contributed by atoms with Crippen molar-refractivity contribution >= 4 is 27.0 Å². The minimum Gasteiger partial charge on any atom is -0.497 e. The van der Waals surface area contributed by atoms with Crippen LogP contribution < -0.4 is 10.3 Å². The summed E-state index contributed by atoms with van der Waals surface area (Å²) in [6.07, 6.45) is 1.49. The predicted molar refractivity (Wildman–Crippen MR) is 120 cm³/mol. The van der Waals surface area contributed by atoms with Crippen LogP contribution in [-0.4, -0.2) is 46.6 Å². The molecule has 32 heavy (non-hydrogen) atoms. The fraction of sp³-hybridized carbons (Fsp3) is 0.143. The lowest BCUT2D eigenvalue weighted by Gasteiger charge is -2.11. The zero-order valence-corrected chi connectivity index (χ0v) is 18.8. The first kappa shape index (κ1) is 20.1. The number of hydrogen-bond acceptors (Lipinski definition) is 7. The normalized spacial score (nSPS) is 11.2. The summed E-state index contributed by atoms with van der Waals surface area (Å²) in [5.74, 6) is 1.26. The Labute approximate surface area is 190 Å². The van der Waals surface area contributed by atoms with Crippen LogP contribution in [0.2, 0.25) is 0 Å². The molecule has 0 atom stereocenters. The zero-order valence-electron chi connectivity index (χ0n) is 17.2. The molecule has 0 radical (unpaired) electrons. The summed E-state index contributed by atoms with van der Waals surface area (Å²) in [5, 5.41) is 16.0. The molecule has 0 spiro atoms. The molecule has 0 saturated carbocycles. The summed E-state index contributed by atoms with van der Waals surface area (Å²) < 4.78 is 10.9. The van der Waals surface area contributed by atoms with E-state index in [1.165, 1.54) is 11.0 Å². The number of rotatable bonds is 5. The van der Waals surface area contributed by atoms with Crippen molar-refractivity contribution in [3.8, 4) is 17.1 Å². The topological polar surface area (TPSA) is 106 Å². The van der Waals surface area contributed by atoms with E-state index in [4.69, 9.17) is 14.8 Å². The highest BCUT2D eigenvalue weighted by Crippen LogP contribution is 2.22. The number of benzene rings is 2. The molecule has 0 N–H and O–H groups in total. The molecule has 0 amide bonds. The van der Waals surface area contributed by atoms with E-state index in [0.717, 1.165) is 10.2 Å². The first-order valence-electron chi connectivity index (χ1n) is 9.67. The molecular weight excluding hydrogens is 476 g/mol. The van der Waals surface area contributed by atoms with E-state index >= 15 is 0 Å². The van der Waals surface area contributed by atoms with Crippen LogP contribution in [0.25, 0.3) is 22.4 Å². The van der Waals surface area contributed by atoms with Crippen LogP contribution in [0.15, 0.2) is 64.1 Å². The molecule has 11 heteroatoms. The lowest BCUT2D eigenvalue weighted by Crippen LogP contribution is -2.24. The van der Waals surface area contributed by atoms with E-state index in [9.17, 15) is 4.79 Å². The minimum absolute atomic E-state index is 0.221. The van der Waals surface area contributed by atoms with Gasteiger partial charge in [-0.3, -0.25) is 9.36 Å². The molecular formula is C21H17BrN8O2. The van der Waals surface area contributed by atoms with Gasteiger partial charge < -0.3 is 4.74 Å². The Morgan fingerprint density at radius 2 is 1.75 bits per heavy atom. The summed E-state index contributed by atoms with van der Waals surface area (Å²) in [5.41, 5.74) is 2.67. The van der Waals surface area contributed by atoms with Crippen LogP contribution in [-0.2, 0) is 6.54 Å². The number of aryl methyl sites for hydroxylation is 1. The van der Waals surface area contributed by atoms with Gasteiger partial charge in [-0.15, -0.1) is 5.10 Å². The highest BCUT2D eigenvalue weighted by molar-refractivity contribution is 9.10. The van der Waals surface area contributed by atoms with Gasteiger partial charge in [0.25, 0.3) is 5.56 Å². The van der Waals surface area contributed by atoms with Crippen molar-refractivity contribution in [1.29, 1.82) is 0 Å². The summed E-state index contributed by atoms with van der Waals surface area (Å²) in [7, 11) is 1.60. The van der Waals surface area contributed by atoms with E-state index in [1.54, 1.807) is 23.3 Å². The van der Waals surface area contributed by atoms with Crippen molar-refractivity contribution in [2.45, 2.75) is 13.5 Å². The van der Waals surface area contributed by atoms with Gasteiger partial charge >= 0.3 is 0 Å². The number of aromatic nitrogens is 8. The monoisotopic (exact) mass is 492 g/mol. The van der Waals surface area contributed by atoms with Crippen molar-refractivity contribution in [2.24, 2.45) is 0 Å². The van der Waals surface area contributed by atoms with Crippen LogP contribution in [0, 0.1) is 6.92 Å². The Morgan fingerprint density at radius 1 is 1.03 bits per heavy atom. The van der Waals surface area contributed by atoms with Crippen molar-refractivity contribution in [3.63, 3.8) is 0 Å². The molecule has 0 unspecified atom stereocenters. The molecule has 0 fully saturated rings. The summed E-state index contributed by atoms with van der Waals surface area (Å²) >= 11 is 3.43. The van der Waals surface area contributed by atoms with Crippen molar-refractivity contribution in [3.05, 3.63) is 81.2 Å². The van der Waals surface area contributed by atoms with Crippen molar-refractivity contribution in [1.82, 2.24) is 39.5 Å². The second-order valence-corrected chi connectivity index (χ2v) is 7.95. The third-order valence-corrected chi connectivity index (χ3v) is 5.57. The molecule has 0 aliphatic carbocycles. The van der Waals surface area contributed by atoms with Gasteiger partial charge in [0, 0.05) is 4.47 Å². The van der Waals surface area contributed by atoms with Crippen LogP contribution >= 0.6 is 15.9 Å². The van der Waals surface area contributed by atoms with Gasteiger partial charge in [-0.2, -0.15) is 5.10 Å². The average Bonchev–Trinajstić information content (AvgIpc) is 3.44. The van der Waals surface area contributed by atoms with Gasteiger partial charge in [-0.05, 0) is 65.9 Å². The molecule has 5 rings (SSSR count). The number of halogens is 1. The molecule has 2 aromatic carbocycles. The number of fused-ring (bicyclic) bond motifs is 1. The van der Waals surface area contributed by atoms with Crippen LogP contribution in [0.5, 0.6) is 5.75 Å². The Kier molecular flexibility index (Phi) is 5.02. The summed E-state index contributed by atoms with van der Waals surface area (Å²) in [6, 6.07) is 14.8. The lowest BCUT2D eigenvalue weighted by atomic mass is 10.2. The third-order valence-electron chi connectivity index (χ3n) is 5.04. The van der Waals surface area contributed by atoms with Gasteiger partial charge in [-0.25, -0.2) is 14.3 Å². The number of tetrazole rings is 1. The molecule has 5 aromatic rings. The van der Waals surface area contributed by atoms with Gasteiger partial charge in [0.2, 0.25) is 0 Å². The first-order chi connectivity index (χ1) is 15.5. The largest absolute Gasteiger partial charge is 0.497 e. The maximum absolute atomic E-state index is 13.7. The zero-order chi connectivity index (χ0) is 22.2. The summed E-state index contributed by atoms with van der Waals surface area (Å²) in [6.45, 7) is 2.08. The van der Waals surface area contributed by atoms with Crippen molar-refractivity contribution < 1.29 is 4.74 Å². The Balaban J connectivity index is 1.77. The molecule has 0 bridgehead atoms. The van der Waals surface area contributed by atoms with Crippen LogP contribution in [0.1, 0.15) is 11.5 Å². The smallest absolute Gasteiger partial charge is 0.284 e. The average molecular weight is 493 g/mol. The number of nitrogens with zero attached hydrogens (tertiary/aromatic N) is 8. The SMILES string of the molecule is COc1ccc(-n2nc(Cn3cnnn3)c3nc(C)n(-c4ccc(Br)cc4)c(=O)c32)cc1. The lowest BCUT2D eigenvalue weighted by molar-refractivity contribution is 0.414. The number of hydrogen-bond donors (Lipinski definition) is 0. The first-order valence-corrected chi connectivity index (χ1v) is 10.5. The molecule has 0 aliphatic heterocycles. The Morgan fingerprint density at radius 3 is 2.41 bits per heavy atom. The van der Waals surface area contributed by atoms with Gasteiger partial charge in [0.15, 0.2) is 5.52 Å². The molecule has 10 nitrogen and oxygen atoms in total. The van der Waals surface area contributed by atoms with E-state index in [2.05, 4.69) is 31.5 Å². The van der Waals surface area contributed by atoms with Crippen LogP contribution in [0.4, 0.5) is 0 Å². The third kappa shape index (κ3) is 3.46. The summed E-state index contributed by atoms with van der Waals surface area (Å²) in [4.78, 5) is 18.5. The molecule has 0 aliphatic rings. The predicted octanol–water partition coefficient (Wildman–Crippen LogP) is 2.69. The van der Waals surface area contributed by atoms with Crippen molar-refractivity contribution in [2.75, 3.05) is 7.11 Å². The van der Waals surface area contributed by atoms with Gasteiger partial charge in [-0.1, -0.05) is 15.9 Å². The second kappa shape index (κ2) is 8.00. The Hall–Kier alpha value is -3.86. The highest BCUT2D eigenvalue weighted by Gasteiger charge is 2.21.